The minimum absolute atomic E-state index is 0.0382. The quantitative estimate of drug-likeness (QED) is 0.593. The van der Waals surface area contributed by atoms with Crippen LogP contribution in [-0.2, 0) is 9.59 Å². The summed E-state index contributed by atoms with van der Waals surface area (Å²) in [4.78, 5) is 28.4. The van der Waals surface area contributed by atoms with E-state index in [1.54, 1.807) is 24.1 Å². The van der Waals surface area contributed by atoms with Gasteiger partial charge < -0.3 is 29.2 Å². The highest BCUT2D eigenvalue weighted by molar-refractivity contribution is 5.98. The molecule has 2 aromatic rings. The third-order valence-electron chi connectivity index (χ3n) is 6.32. The number of amides is 2. The molecule has 1 heterocycles. The van der Waals surface area contributed by atoms with E-state index in [9.17, 15) is 9.59 Å². The number of carbonyl (C=O) groups is 2. The molecular formula is C26H34N2O6. The predicted octanol–water partition coefficient (Wildman–Crippen LogP) is 4.12. The topological polar surface area (TPSA) is 86.3 Å². The van der Waals surface area contributed by atoms with Crippen LogP contribution in [0.2, 0.25) is 0 Å². The van der Waals surface area contributed by atoms with Gasteiger partial charge in [-0.3, -0.25) is 9.59 Å². The fourth-order valence-corrected chi connectivity index (χ4v) is 4.31. The molecule has 184 valence electrons. The molecule has 0 saturated carbocycles. The zero-order valence-corrected chi connectivity index (χ0v) is 20.7. The van der Waals surface area contributed by atoms with E-state index >= 15 is 0 Å². The van der Waals surface area contributed by atoms with Gasteiger partial charge in [-0.25, -0.2) is 0 Å². The second-order valence-corrected chi connectivity index (χ2v) is 8.33. The van der Waals surface area contributed by atoms with Gasteiger partial charge in [0.05, 0.1) is 46.1 Å². The lowest BCUT2D eigenvalue weighted by Crippen LogP contribution is -2.49. The summed E-state index contributed by atoms with van der Waals surface area (Å²) in [7, 11) is 6.19. The monoisotopic (exact) mass is 470 g/mol. The maximum absolute atomic E-state index is 13.4. The third kappa shape index (κ3) is 5.05. The summed E-state index contributed by atoms with van der Waals surface area (Å²) in [5.41, 5.74) is 1.41. The van der Waals surface area contributed by atoms with Crippen molar-refractivity contribution < 1.29 is 28.5 Å². The van der Waals surface area contributed by atoms with E-state index < -0.39 is 12.0 Å². The van der Waals surface area contributed by atoms with Crippen LogP contribution in [0.15, 0.2) is 36.4 Å². The fraction of sp³-hybridized carbons (Fsp3) is 0.462. The maximum atomic E-state index is 13.4. The summed E-state index contributed by atoms with van der Waals surface area (Å²) in [6.45, 7) is 4.00. The molecule has 3 rings (SSSR count). The Kier molecular flexibility index (Phi) is 8.26. The van der Waals surface area contributed by atoms with Crippen LogP contribution in [0, 0.1) is 5.92 Å². The molecular weight excluding hydrogens is 436 g/mol. The van der Waals surface area contributed by atoms with Crippen molar-refractivity contribution in [2.24, 2.45) is 5.92 Å². The zero-order chi connectivity index (χ0) is 24.8. The van der Waals surface area contributed by atoms with Gasteiger partial charge in [-0.2, -0.15) is 0 Å². The number of benzene rings is 2. The van der Waals surface area contributed by atoms with E-state index in [4.69, 9.17) is 18.9 Å². The number of methoxy groups -OCH3 is 4. The Morgan fingerprint density at radius 1 is 1.03 bits per heavy atom. The number of ether oxygens (including phenoxy) is 4. The number of piperidine rings is 1. The van der Waals surface area contributed by atoms with E-state index in [0.29, 0.717) is 35.1 Å². The molecule has 8 nitrogen and oxygen atoms in total. The van der Waals surface area contributed by atoms with Crippen LogP contribution in [0.4, 0.5) is 5.69 Å². The van der Waals surface area contributed by atoms with Gasteiger partial charge in [0.15, 0.2) is 11.5 Å². The van der Waals surface area contributed by atoms with E-state index in [1.807, 2.05) is 38.1 Å². The lowest BCUT2D eigenvalue weighted by molar-refractivity contribution is -0.129. The van der Waals surface area contributed by atoms with Crippen molar-refractivity contribution in [1.82, 2.24) is 5.32 Å². The molecule has 2 aromatic carbocycles. The highest BCUT2D eigenvalue weighted by atomic mass is 16.5. The molecule has 1 N–H and O–H groups in total. The minimum atomic E-state index is -0.515. The second kappa shape index (κ2) is 11.1. The smallest absolute Gasteiger partial charge is 0.227 e. The Morgan fingerprint density at radius 2 is 1.65 bits per heavy atom. The molecule has 0 bridgehead atoms. The van der Waals surface area contributed by atoms with Crippen molar-refractivity contribution in [3.8, 4) is 23.0 Å². The van der Waals surface area contributed by atoms with Gasteiger partial charge in [0.2, 0.25) is 17.6 Å². The van der Waals surface area contributed by atoms with Gasteiger partial charge in [0.25, 0.3) is 0 Å². The molecule has 1 fully saturated rings. The van der Waals surface area contributed by atoms with Gasteiger partial charge >= 0.3 is 0 Å². The first-order valence-corrected chi connectivity index (χ1v) is 11.4. The van der Waals surface area contributed by atoms with Crippen molar-refractivity contribution >= 4 is 17.5 Å². The Bertz CT molecular complexity index is 982. The predicted molar refractivity (Wildman–Crippen MR) is 130 cm³/mol. The SMILES string of the molecule is CC[C@H](C)NC(=O)[C@H]1CCC(=O)N(c2cc(OC)c(OC)c(OC)c2)[C@H]1c1ccc(OC)cc1. The number of rotatable bonds is 9. The molecule has 0 spiro atoms. The van der Waals surface area contributed by atoms with Gasteiger partial charge in [-0.15, -0.1) is 0 Å². The van der Waals surface area contributed by atoms with Crippen molar-refractivity contribution in [3.05, 3.63) is 42.0 Å². The summed E-state index contributed by atoms with van der Waals surface area (Å²) >= 11 is 0. The number of nitrogens with zero attached hydrogens (tertiary/aromatic N) is 1. The van der Waals surface area contributed by atoms with Gasteiger partial charge in [0, 0.05) is 24.6 Å². The maximum Gasteiger partial charge on any atom is 0.227 e. The van der Waals surface area contributed by atoms with E-state index in [1.165, 1.54) is 21.3 Å². The second-order valence-electron chi connectivity index (χ2n) is 8.33. The molecule has 1 saturated heterocycles. The lowest BCUT2D eigenvalue weighted by Gasteiger charge is -2.41. The van der Waals surface area contributed by atoms with Crippen LogP contribution in [0.25, 0.3) is 0 Å². The van der Waals surface area contributed by atoms with Crippen LogP contribution in [0.5, 0.6) is 23.0 Å². The lowest BCUT2D eigenvalue weighted by atomic mass is 9.83. The van der Waals surface area contributed by atoms with Crippen LogP contribution >= 0.6 is 0 Å². The van der Waals surface area contributed by atoms with E-state index in [2.05, 4.69) is 5.32 Å². The Hall–Kier alpha value is -3.42. The third-order valence-corrected chi connectivity index (χ3v) is 6.32. The molecule has 0 aromatic heterocycles. The first kappa shape index (κ1) is 25.2. The first-order valence-electron chi connectivity index (χ1n) is 11.4. The van der Waals surface area contributed by atoms with Crippen molar-refractivity contribution in [3.63, 3.8) is 0 Å². The number of hydrogen-bond donors (Lipinski definition) is 1. The normalized spacial score (nSPS) is 18.8. The first-order chi connectivity index (χ1) is 16.4. The number of hydrogen-bond acceptors (Lipinski definition) is 6. The molecule has 0 radical (unpaired) electrons. The van der Waals surface area contributed by atoms with Crippen molar-refractivity contribution in [1.29, 1.82) is 0 Å². The largest absolute Gasteiger partial charge is 0.497 e. The van der Waals surface area contributed by atoms with Gasteiger partial charge in [-0.1, -0.05) is 19.1 Å². The summed E-state index contributed by atoms with van der Waals surface area (Å²) in [5.74, 6) is 1.42. The van der Waals surface area contributed by atoms with Crippen LogP contribution in [-0.4, -0.2) is 46.3 Å². The highest BCUT2D eigenvalue weighted by Crippen LogP contribution is 2.46. The number of nitrogens with one attached hydrogen (secondary N) is 1. The van der Waals surface area contributed by atoms with Crippen molar-refractivity contribution in [2.45, 2.75) is 45.2 Å². The molecule has 0 aliphatic carbocycles. The summed E-state index contributed by atoms with van der Waals surface area (Å²) in [6.07, 6.45) is 1.53. The van der Waals surface area contributed by atoms with Crippen molar-refractivity contribution in [2.75, 3.05) is 33.3 Å². The summed E-state index contributed by atoms with van der Waals surface area (Å²) < 4.78 is 21.8. The van der Waals surface area contributed by atoms with Crippen LogP contribution in [0.1, 0.15) is 44.7 Å². The Balaban J connectivity index is 2.15. The van der Waals surface area contributed by atoms with Gasteiger partial charge in [-0.05, 0) is 37.5 Å². The molecule has 8 heteroatoms. The fourth-order valence-electron chi connectivity index (χ4n) is 4.31. The zero-order valence-electron chi connectivity index (χ0n) is 20.7. The van der Waals surface area contributed by atoms with E-state index in [0.717, 1.165) is 12.0 Å². The molecule has 1 aliphatic heterocycles. The number of anilines is 1. The highest BCUT2D eigenvalue weighted by Gasteiger charge is 2.42. The molecule has 2 amide bonds. The molecule has 0 unspecified atom stereocenters. The van der Waals surface area contributed by atoms with Crippen LogP contribution in [0.3, 0.4) is 0 Å². The van der Waals surface area contributed by atoms with Crippen LogP contribution < -0.4 is 29.2 Å². The minimum Gasteiger partial charge on any atom is -0.497 e. The molecule has 1 aliphatic rings. The average Bonchev–Trinajstić information content (AvgIpc) is 2.87. The summed E-state index contributed by atoms with van der Waals surface area (Å²) in [6, 6.07) is 10.5. The molecule has 3 atom stereocenters. The molecule has 34 heavy (non-hydrogen) atoms. The van der Waals surface area contributed by atoms with E-state index in [-0.39, 0.29) is 24.3 Å². The number of carbonyl (C=O) groups excluding carboxylic acids is 2. The van der Waals surface area contributed by atoms with Gasteiger partial charge in [0.1, 0.15) is 5.75 Å². The average molecular weight is 471 g/mol. The Morgan fingerprint density at radius 3 is 2.15 bits per heavy atom. The Labute approximate surface area is 201 Å². The standard InChI is InChI=1S/C26H34N2O6/c1-7-16(2)27-26(30)20-12-13-23(29)28(24(20)17-8-10-19(31-3)11-9-17)18-14-21(32-4)25(34-6)22(15-18)33-5/h8-11,14-16,20,24H,7,12-13H2,1-6H3,(H,27,30)/t16-,20-,24-/m0/s1. The summed E-state index contributed by atoms with van der Waals surface area (Å²) in [5, 5.41) is 3.10.